The fourth-order valence-electron chi connectivity index (χ4n) is 5.69. The standard InChI is InChI=1S/C39H49N2P/c1-8-16-37(40(4)30-36-21-12-10-18-33-17-9-11-20-35(36)29-33)26-25-31(2)32(3)27-28-42(6,7)41(5)39-24-15-22-34-19-13-14-23-38(34)39/h8-11,13-20,22-29,32,35-36,42H,1-2,12,21,30H2,3-7H3/b18-10-,26-25-,28-27-,37-16+. The van der Waals surface area contributed by atoms with Gasteiger partial charge in [-0.05, 0) is 5.57 Å². The minimum Gasteiger partial charge on any atom is -0.0656 e. The third-order valence-corrected chi connectivity index (χ3v) is 11.7. The van der Waals surface area contributed by atoms with Crippen molar-refractivity contribution in [1.29, 1.82) is 0 Å². The van der Waals surface area contributed by atoms with Crippen molar-refractivity contribution in [2.24, 2.45) is 17.8 Å². The molecule has 42 heavy (non-hydrogen) atoms. The molecule has 0 spiro atoms. The maximum absolute atomic E-state index is 4.44. The second-order valence-corrected chi connectivity index (χ2v) is 16.5. The molecule has 0 radical (unpaired) electrons. The van der Waals surface area contributed by atoms with Gasteiger partial charge < -0.3 is 0 Å². The van der Waals surface area contributed by atoms with Gasteiger partial charge in [0, 0.05) is 0 Å². The molecule has 4 rings (SSSR count). The topological polar surface area (TPSA) is 6.48 Å². The van der Waals surface area contributed by atoms with Gasteiger partial charge in [0.05, 0.1) is 0 Å². The van der Waals surface area contributed by atoms with Crippen LogP contribution in [0.25, 0.3) is 10.8 Å². The smallest absolute Gasteiger partial charge is 0.0656 e. The molecule has 0 aliphatic heterocycles. The summed E-state index contributed by atoms with van der Waals surface area (Å²) in [6, 6.07) is 15.2. The summed E-state index contributed by atoms with van der Waals surface area (Å²) in [6.07, 6.45) is 28.9. The Morgan fingerprint density at radius 1 is 1.05 bits per heavy atom. The molecule has 0 aromatic heterocycles. The molecule has 0 fully saturated rings. The number of likely N-dealkylation sites (N-methyl/N-ethyl adjacent to an activating group) is 1. The van der Waals surface area contributed by atoms with E-state index in [1.165, 1.54) is 28.5 Å². The van der Waals surface area contributed by atoms with Gasteiger partial charge in [0.2, 0.25) is 0 Å². The summed E-state index contributed by atoms with van der Waals surface area (Å²) in [5.41, 5.74) is 4.87. The molecule has 220 valence electrons. The first-order valence-corrected chi connectivity index (χ1v) is 18.3. The van der Waals surface area contributed by atoms with E-state index in [4.69, 9.17) is 0 Å². The average molecular weight is 577 g/mol. The molecule has 3 unspecified atom stereocenters. The van der Waals surface area contributed by atoms with Crippen LogP contribution in [0, 0.1) is 17.8 Å². The van der Waals surface area contributed by atoms with Crippen molar-refractivity contribution in [2.45, 2.75) is 19.8 Å². The number of allylic oxidation sites excluding steroid dienone is 14. The van der Waals surface area contributed by atoms with Crippen LogP contribution in [0.3, 0.4) is 0 Å². The van der Waals surface area contributed by atoms with Crippen molar-refractivity contribution in [3.63, 3.8) is 0 Å². The van der Waals surface area contributed by atoms with E-state index >= 15 is 0 Å². The van der Waals surface area contributed by atoms with Crippen molar-refractivity contribution in [2.75, 3.05) is 38.6 Å². The maximum atomic E-state index is 4.44. The summed E-state index contributed by atoms with van der Waals surface area (Å²) >= 11 is 0. The fourth-order valence-corrected chi connectivity index (χ4v) is 7.49. The molecule has 0 heterocycles. The summed E-state index contributed by atoms with van der Waals surface area (Å²) in [7, 11) is 2.58. The molecule has 0 saturated heterocycles. The zero-order valence-electron chi connectivity index (χ0n) is 26.2. The summed E-state index contributed by atoms with van der Waals surface area (Å²) in [4.78, 5) is 2.37. The Morgan fingerprint density at radius 3 is 2.64 bits per heavy atom. The number of hydrogen-bond acceptors (Lipinski definition) is 2. The van der Waals surface area contributed by atoms with Gasteiger partial charge in [0.1, 0.15) is 0 Å². The van der Waals surface area contributed by atoms with Crippen molar-refractivity contribution in [3.05, 3.63) is 151 Å². The fraction of sp³-hybridized carbons (Fsp3) is 0.282. The van der Waals surface area contributed by atoms with E-state index in [9.17, 15) is 0 Å². The summed E-state index contributed by atoms with van der Waals surface area (Å²) in [5.74, 6) is 3.68. The van der Waals surface area contributed by atoms with Gasteiger partial charge in [0.25, 0.3) is 0 Å². The molecule has 2 aliphatic carbocycles. The van der Waals surface area contributed by atoms with Crippen LogP contribution in [-0.2, 0) is 0 Å². The third-order valence-electron chi connectivity index (χ3n) is 8.75. The van der Waals surface area contributed by atoms with E-state index in [1.54, 1.807) is 0 Å². The Morgan fingerprint density at radius 2 is 1.83 bits per heavy atom. The third kappa shape index (κ3) is 8.02. The number of anilines is 1. The van der Waals surface area contributed by atoms with E-state index < -0.39 is 7.41 Å². The number of fused-ring (bicyclic) bond motifs is 2. The van der Waals surface area contributed by atoms with Crippen LogP contribution in [-0.4, -0.2) is 38.9 Å². The van der Waals surface area contributed by atoms with Crippen LogP contribution in [0.2, 0.25) is 0 Å². The molecule has 0 saturated carbocycles. The molecule has 2 aliphatic rings. The number of benzene rings is 2. The quantitative estimate of drug-likeness (QED) is 0.194. The Balaban J connectivity index is 1.41. The molecule has 3 atom stereocenters. The summed E-state index contributed by atoms with van der Waals surface area (Å²) < 4.78 is 2.50. The van der Waals surface area contributed by atoms with Gasteiger partial charge in [-0.2, -0.15) is 0 Å². The first kappa shape index (κ1) is 31.3. The first-order chi connectivity index (χ1) is 20.2. The Labute approximate surface area is 255 Å². The van der Waals surface area contributed by atoms with Crippen LogP contribution in [0.1, 0.15) is 19.8 Å². The molecule has 2 nitrogen and oxygen atoms in total. The van der Waals surface area contributed by atoms with Crippen molar-refractivity contribution < 1.29 is 0 Å². The van der Waals surface area contributed by atoms with Gasteiger partial charge >= 0.3 is 220 Å². The molecule has 2 aromatic rings. The minimum atomic E-state index is -1.86. The van der Waals surface area contributed by atoms with E-state index in [-0.39, 0.29) is 5.92 Å². The van der Waals surface area contributed by atoms with Crippen molar-refractivity contribution >= 4 is 23.9 Å². The second-order valence-electron chi connectivity index (χ2n) is 12.2. The van der Waals surface area contributed by atoms with E-state index in [1.807, 2.05) is 6.08 Å². The van der Waals surface area contributed by atoms with Gasteiger partial charge in [-0.1, -0.05) is 30.4 Å². The van der Waals surface area contributed by atoms with E-state index in [0.29, 0.717) is 11.8 Å². The Hall–Kier alpha value is -3.61. The van der Waals surface area contributed by atoms with E-state index in [2.05, 4.69) is 172 Å². The average Bonchev–Trinajstić information content (AvgIpc) is 3.25. The molecule has 3 heteroatoms. The zero-order chi connectivity index (χ0) is 30.1. The molecule has 0 N–H and O–H groups in total. The van der Waals surface area contributed by atoms with Crippen molar-refractivity contribution in [3.8, 4) is 0 Å². The molecular formula is C39H49N2P. The van der Waals surface area contributed by atoms with Crippen LogP contribution in [0.15, 0.2) is 151 Å². The number of nitrogens with zero attached hydrogens (tertiary/aromatic N) is 2. The van der Waals surface area contributed by atoms with Gasteiger partial charge in [0.15, 0.2) is 0 Å². The zero-order valence-corrected chi connectivity index (χ0v) is 27.2. The summed E-state index contributed by atoms with van der Waals surface area (Å²) in [6.45, 7) is 16.5. The molecule has 0 amide bonds. The number of hydrogen-bond donors (Lipinski definition) is 0. The minimum absolute atomic E-state index is 0.244. The predicted octanol–water partition coefficient (Wildman–Crippen LogP) is 10.1. The van der Waals surface area contributed by atoms with Gasteiger partial charge in [-0.15, -0.1) is 0 Å². The predicted molar refractivity (Wildman–Crippen MR) is 192 cm³/mol. The van der Waals surface area contributed by atoms with Crippen LogP contribution >= 0.6 is 7.41 Å². The van der Waals surface area contributed by atoms with Crippen molar-refractivity contribution in [1.82, 2.24) is 4.90 Å². The van der Waals surface area contributed by atoms with Gasteiger partial charge in [-0.3, -0.25) is 0 Å². The van der Waals surface area contributed by atoms with E-state index in [0.717, 1.165) is 24.2 Å². The SMILES string of the molecule is C=C/C=C(\C=C/C(=C)C(C)/C=C\[PH](C)(C)N(C)c1cccc2ccccc12)N(C)CC1CC/C=C\C2=CC1C=CC=C2. The van der Waals surface area contributed by atoms with Crippen LogP contribution in [0.4, 0.5) is 5.69 Å². The second kappa shape index (κ2) is 14.5. The molecule has 2 bridgehead atoms. The molecule has 2 aromatic carbocycles. The normalized spacial score (nSPS) is 21.0. The monoisotopic (exact) mass is 576 g/mol. The Kier molecular flexibility index (Phi) is 10.8. The Bertz CT molecular complexity index is 1470. The first-order valence-electron chi connectivity index (χ1n) is 15.2. The summed E-state index contributed by atoms with van der Waals surface area (Å²) in [5, 5.41) is 2.59. The van der Waals surface area contributed by atoms with Crippen LogP contribution < -0.4 is 4.67 Å². The number of rotatable bonds is 11. The molecular weight excluding hydrogens is 527 g/mol. The van der Waals surface area contributed by atoms with Gasteiger partial charge in [-0.25, -0.2) is 0 Å². The van der Waals surface area contributed by atoms with Crippen LogP contribution in [0.5, 0.6) is 0 Å².